The number of amides is 1. The van der Waals surface area contributed by atoms with Crippen molar-refractivity contribution < 1.29 is 19.2 Å². The van der Waals surface area contributed by atoms with Crippen molar-refractivity contribution in [3.05, 3.63) is 17.0 Å². The number of hydrogen-bond acceptors (Lipinski definition) is 4. The van der Waals surface area contributed by atoms with E-state index >= 15 is 0 Å². The number of carbonyl (C=O) groups is 2. The number of rotatable bonds is 5. The molecule has 0 unspecified atom stereocenters. The number of nitrogens with zero attached hydrogens (tertiary/aromatic N) is 2. The largest absolute Gasteiger partial charge is 0.481 e. The first-order chi connectivity index (χ1) is 10.9. The average molecular weight is 320 g/mol. The lowest BCUT2D eigenvalue weighted by Crippen LogP contribution is -2.44. The molecule has 2 aliphatic rings. The minimum absolute atomic E-state index is 0.0640. The third-order valence-corrected chi connectivity index (χ3v) is 5.86. The Kier molecular flexibility index (Phi) is 3.94. The Morgan fingerprint density at radius 2 is 2.13 bits per heavy atom. The quantitative estimate of drug-likeness (QED) is 0.901. The van der Waals surface area contributed by atoms with Crippen LogP contribution in [0.1, 0.15) is 56.0 Å². The highest BCUT2D eigenvalue weighted by molar-refractivity contribution is 5.83. The molecule has 23 heavy (non-hydrogen) atoms. The fourth-order valence-corrected chi connectivity index (χ4v) is 4.54. The van der Waals surface area contributed by atoms with Crippen LogP contribution in [0, 0.1) is 19.3 Å². The van der Waals surface area contributed by atoms with Crippen molar-refractivity contribution >= 4 is 11.9 Å². The van der Waals surface area contributed by atoms with Gasteiger partial charge in [-0.2, -0.15) is 0 Å². The number of carboxylic acids is 1. The first-order valence-corrected chi connectivity index (χ1v) is 8.37. The van der Waals surface area contributed by atoms with Crippen LogP contribution in [0.5, 0.6) is 0 Å². The van der Waals surface area contributed by atoms with Crippen molar-refractivity contribution in [2.75, 3.05) is 0 Å². The number of carbonyl (C=O) groups excluding carboxylic acids is 1. The molecule has 0 aliphatic carbocycles. The van der Waals surface area contributed by atoms with E-state index in [1.54, 1.807) is 0 Å². The lowest BCUT2D eigenvalue weighted by Gasteiger charge is -2.32. The van der Waals surface area contributed by atoms with Gasteiger partial charge in [0.05, 0.1) is 11.1 Å². The maximum Gasteiger partial charge on any atom is 0.311 e. The van der Waals surface area contributed by atoms with Crippen LogP contribution in [0.15, 0.2) is 4.52 Å². The van der Waals surface area contributed by atoms with Gasteiger partial charge in [-0.3, -0.25) is 9.59 Å². The first-order valence-electron chi connectivity index (χ1n) is 8.37. The molecule has 3 atom stereocenters. The van der Waals surface area contributed by atoms with Crippen molar-refractivity contribution in [3.63, 3.8) is 0 Å². The van der Waals surface area contributed by atoms with Crippen LogP contribution < -0.4 is 0 Å². The normalized spacial score (nSPS) is 29.3. The molecule has 6 heteroatoms. The van der Waals surface area contributed by atoms with E-state index in [4.69, 9.17) is 4.52 Å². The van der Waals surface area contributed by atoms with E-state index in [-0.39, 0.29) is 18.0 Å². The molecule has 126 valence electrons. The van der Waals surface area contributed by atoms with Crippen LogP contribution in [0.4, 0.5) is 0 Å². The van der Waals surface area contributed by atoms with Gasteiger partial charge >= 0.3 is 5.97 Å². The number of carboxylic acid groups (broad SMARTS) is 1. The Labute approximate surface area is 135 Å². The van der Waals surface area contributed by atoms with Gasteiger partial charge in [0.15, 0.2) is 0 Å². The summed E-state index contributed by atoms with van der Waals surface area (Å²) in [6.45, 7) is 5.65. The summed E-state index contributed by atoms with van der Waals surface area (Å²) in [7, 11) is 0. The standard InChI is InChI=1S/C17H24N2O4/c1-4-17(16(21)22)9-12-5-7-14(17)19(12)15(20)8-6-13-10(2)18-23-11(13)3/h12,14H,4-9H2,1-3H3,(H,21,22)/t12-,14+,17+/m0/s1. The smallest absolute Gasteiger partial charge is 0.311 e. The maximum absolute atomic E-state index is 12.7. The number of aromatic nitrogens is 1. The highest BCUT2D eigenvalue weighted by atomic mass is 16.5. The average Bonchev–Trinajstić information content (AvgIpc) is 3.17. The second-order valence-corrected chi connectivity index (χ2v) is 6.87. The van der Waals surface area contributed by atoms with E-state index < -0.39 is 11.4 Å². The van der Waals surface area contributed by atoms with Gasteiger partial charge in [0, 0.05) is 24.1 Å². The fraction of sp³-hybridized carbons (Fsp3) is 0.706. The lowest BCUT2D eigenvalue weighted by atomic mass is 9.72. The van der Waals surface area contributed by atoms with Crippen molar-refractivity contribution in [1.29, 1.82) is 0 Å². The molecule has 0 saturated carbocycles. The van der Waals surface area contributed by atoms with Crippen molar-refractivity contribution in [2.45, 2.75) is 71.4 Å². The predicted molar refractivity (Wildman–Crippen MR) is 82.9 cm³/mol. The predicted octanol–water partition coefficient (Wildman–Crippen LogP) is 2.47. The Hall–Kier alpha value is -1.85. The number of aryl methyl sites for hydroxylation is 2. The third kappa shape index (κ3) is 2.35. The summed E-state index contributed by atoms with van der Waals surface area (Å²) in [6.07, 6.45) is 3.90. The lowest BCUT2D eigenvalue weighted by molar-refractivity contribution is -0.151. The Bertz CT molecular complexity index is 619. The molecule has 6 nitrogen and oxygen atoms in total. The molecule has 2 aliphatic heterocycles. The SMILES string of the molecule is CC[C@@]1(C(=O)O)C[C@@H]2CC[C@H]1N2C(=O)CCc1c(C)noc1C. The van der Waals surface area contributed by atoms with E-state index in [9.17, 15) is 14.7 Å². The number of fused-ring (bicyclic) bond motifs is 2. The minimum Gasteiger partial charge on any atom is -0.481 e. The first kappa shape index (κ1) is 16.0. The Morgan fingerprint density at radius 1 is 1.39 bits per heavy atom. The highest BCUT2D eigenvalue weighted by Crippen LogP contribution is 2.52. The van der Waals surface area contributed by atoms with Gasteiger partial charge < -0.3 is 14.5 Å². The van der Waals surface area contributed by atoms with E-state index in [0.29, 0.717) is 25.7 Å². The highest BCUT2D eigenvalue weighted by Gasteiger charge is 2.60. The molecule has 1 aromatic rings. The van der Waals surface area contributed by atoms with Gasteiger partial charge in [0.2, 0.25) is 5.91 Å². The number of aliphatic carboxylic acids is 1. The van der Waals surface area contributed by atoms with E-state index in [1.807, 2.05) is 25.7 Å². The molecule has 3 rings (SSSR count). The monoisotopic (exact) mass is 320 g/mol. The fourth-order valence-electron chi connectivity index (χ4n) is 4.54. The van der Waals surface area contributed by atoms with Crippen LogP contribution in [-0.2, 0) is 16.0 Å². The second-order valence-electron chi connectivity index (χ2n) is 6.87. The van der Waals surface area contributed by atoms with Crippen LogP contribution in [-0.4, -0.2) is 39.1 Å². The van der Waals surface area contributed by atoms with Crippen LogP contribution >= 0.6 is 0 Å². The zero-order chi connectivity index (χ0) is 16.8. The minimum atomic E-state index is -0.754. The Morgan fingerprint density at radius 3 is 2.65 bits per heavy atom. The summed E-state index contributed by atoms with van der Waals surface area (Å²) in [5.74, 6) is 0.0675. The van der Waals surface area contributed by atoms with E-state index in [0.717, 1.165) is 29.9 Å². The topological polar surface area (TPSA) is 83.6 Å². The molecule has 2 bridgehead atoms. The summed E-state index contributed by atoms with van der Waals surface area (Å²) < 4.78 is 5.14. The molecule has 0 radical (unpaired) electrons. The van der Waals surface area contributed by atoms with Crippen molar-refractivity contribution in [1.82, 2.24) is 10.1 Å². The summed E-state index contributed by atoms with van der Waals surface area (Å²) in [5.41, 5.74) is 1.07. The summed E-state index contributed by atoms with van der Waals surface area (Å²) in [5, 5.41) is 13.6. The maximum atomic E-state index is 12.7. The summed E-state index contributed by atoms with van der Waals surface area (Å²) >= 11 is 0. The van der Waals surface area contributed by atoms with Crippen LogP contribution in [0.2, 0.25) is 0 Å². The zero-order valence-electron chi connectivity index (χ0n) is 14.0. The van der Waals surface area contributed by atoms with Gasteiger partial charge in [-0.25, -0.2) is 0 Å². The molecule has 1 aromatic heterocycles. The van der Waals surface area contributed by atoms with E-state index in [1.165, 1.54) is 0 Å². The van der Waals surface area contributed by atoms with Crippen molar-refractivity contribution in [3.8, 4) is 0 Å². The van der Waals surface area contributed by atoms with Gasteiger partial charge in [-0.15, -0.1) is 0 Å². The van der Waals surface area contributed by atoms with Gasteiger partial charge in [0.1, 0.15) is 5.76 Å². The zero-order valence-corrected chi connectivity index (χ0v) is 14.0. The van der Waals surface area contributed by atoms with Gasteiger partial charge in [-0.05, 0) is 46.0 Å². The van der Waals surface area contributed by atoms with E-state index in [2.05, 4.69) is 5.16 Å². The second kappa shape index (κ2) is 5.65. The molecule has 0 spiro atoms. The molecule has 0 aromatic carbocycles. The number of hydrogen-bond donors (Lipinski definition) is 1. The molecule has 1 N–H and O–H groups in total. The molecular weight excluding hydrogens is 296 g/mol. The molecule has 1 amide bonds. The summed E-state index contributed by atoms with van der Waals surface area (Å²) in [6, 6.07) is -0.0552. The van der Waals surface area contributed by atoms with Crippen molar-refractivity contribution in [2.24, 2.45) is 5.41 Å². The molecular formula is C17H24N2O4. The molecule has 2 fully saturated rings. The Balaban J connectivity index is 1.73. The van der Waals surface area contributed by atoms with Gasteiger partial charge in [0.25, 0.3) is 0 Å². The molecule has 2 saturated heterocycles. The van der Waals surface area contributed by atoms with Gasteiger partial charge in [-0.1, -0.05) is 12.1 Å². The summed E-state index contributed by atoms with van der Waals surface area (Å²) in [4.78, 5) is 26.4. The third-order valence-electron chi connectivity index (χ3n) is 5.86. The molecule has 3 heterocycles. The van der Waals surface area contributed by atoms with Crippen LogP contribution in [0.25, 0.3) is 0 Å². The van der Waals surface area contributed by atoms with Crippen LogP contribution in [0.3, 0.4) is 0 Å².